The maximum absolute atomic E-state index is 5.26. The second-order valence-electron chi connectivity index (χ2n) is 11.9. The van der Waals surface area contributed by atoms with Crippen LogP contribution in [0.5, 0.6) is 0 Å². The monoisotopic (exact) mass is 772 g/mol. The first-order valence-electron chi connectivity index (χ1n) is 16.3. The minimum atomic E-state index is -2.13. The van der Waals surface area contributed by atoms with E-state index < -0.39 is 18.9 Å². The number of benzene rings is 6. The van der Waals surface area contributed by atoms with Crippen LogP contribution in [0.4, 0.5) is 0 Å². The number of halogens is 1. The van der Waals surface area contributed by atoms with Gasteiger partial charge >= 0.3 is 0 Å². The zero-order valence-corrected chi connectivity index (χ0v) is 29.8. The Hall–Kier alpha value is -5.57. The van der Waals surface area contributed by atoms with Gasteiger partial charge in [0, 0.05) is 37.9 Å². The lowest BCUT2D eigenvalue weighted by Crippen LogP contribution is -2.12. The van der Waals surface area contributed by atoms with Crippen LogP contribution in [0.3, 0.4) is 0 Å². The normalized spacial score (nSPS) is 13.4. The summed E-state index contributed by atoms with van der Waals surface area (Å²) in [7, 11) is 0. The smallest absolute Gasteiger partial charge is 0.161 e. The molecule has 0 atom stereocenters. The largest absolute Gasteiger partial charge is 0.226 e. The standard InChI is InChI=1S/C44H29IN4S/c1-45-41(32-18-10-4-11-19-32)48-44(49-42(45)33-20-12-5-13-21-33)35-26-27-37-36(28-35)39-40(50-37)38(31-16-8-3-9-17-31)46-43(47-39)34-24-22-30(23-25-34)29-14-6-2-7-15-29/h2-28H,1H2. The van der Waals surface area contributed by atoms with Crippen LogP contribution in [0.2, 0.25) is 0 Å². The highest BCUT2D eigenvalue weighted by atomic mass is 127. The number of nitrogens with zero attached hydrogens (tertiary/aromatic N) is 4. The molecule has 3 heterocycles. The van der Waals surface area contributed by atoms with Gasteiger partial charge in [0.1, 0.15) is 7.35 Å². The number of fused-ring (bicyclic) bond motifs is 3. The predicted molar refractivity (Wildman–Crippen MR) is 222 cm³/mol. The molecule has 0 saturated heterocycles. The number of thiophene rings is 1. The van der Waals surface area contributed by atoms with E-state index >= 15 is 0 Å². The Morgan fingerprint density at radius 3 is 1.68 bits per heavy atom. The molecule has 50 heavy (non-hydrogen) atoms. The summed E-state index contributed by atoms with van der Waals surface area (Å²) in [6.07, 6.45) is 0. The summed E-state index contributed by atoms with van der Waals surface area (Å²) in [5.41, 5.74) is 9.43. The summed E-state index contributed by atoms with van der Waals surface area (Å²) < 4.78 is 9.02. The van der Waals surface area contributed by atoms with Crippen LogP contribution >= 0.6 is 30.2 Å². The van der Waals surface area contributed by atoms with Crippen LogP contribution in [0.15, 0.2) is 174 Å². The third kappa shape index (κ3) is 5.66. The number of hydrogen-bond acceptors (Lipinski definition) is 5. The molecule has 0 bridgehead atoms. The fourth-order valence-electron chi connectivity index (χ4n) is 6.22. The van der Waals surface area contributed by atoms with Crippen molar-refractivity contribution in [2.75, 3.05) is 0 Å². The fourth-order valence-corrected chi connectivity index (χ4v) is 11.1. The summed E-state index contributed by atoms with van der Waals surface area (Å²) in [6, 6.07) is 56.8. The van der Waals surface area contributed by atoms with E-state index in [1.807, 2.05) is 24.3 Å². The molecule has 0 N–H and O–H groups in total. The molecule has 0 fully saturated rings. The minimum Gasteiger partial charge on any atom is -0.226 e. The lowest BCUT2D eigenvalue weighted by atomic mass is 10.0. The average molecular weight is 773 g/mol. The van der Waals surface area contributed by atoms with Crippen LogP contribution < -0.4 is 0 Å². The lowest BCUT2D eigenvalue weighted by molar-refractivity contribution is 1.24. The highest BCUT2D eigenvalue weighted by molar-refractivity contribution is 14.2. The molecule has 2 aromatic heterocycles. The number of hydrogen-bond donors (Lipinski definition) is 0. The summed E-state index contributed by atoms with van der Waals surface area (Å²) in [6.45, 7) is 0. The van der Waals surface area contributed by atoms with Crippen molar-refractivity contribution in [3.05, 3.63) is 180 Å². The van der Waals surface area contributed by atoms with Gasteiger partial charge in [0.05, 0.1) is 15.9 Å². The van der Waals surface area contributed by atoms with Gasteiger partial charge in [-0.1, -0.05) is 169 Å². The second kappa shape index (κ2) is 13.0. The van der Waals surface area contributed by atoms with E-state index in [0.29, 0.717) is 11.7 Å². The van der Waals surface area contributed by atoms with Crippen molar-refractivity contribution in [3.8, 4) is 33.8 Å². The van der Waals surface area contributed by atoms with Gasteiger partial charge in [-0.2, -0.15) is 0 Å². The molecular weight excluding hydrogens is 743 g/mol. The quantitative estimate of drug-likeness (QED) is 0.158. The maximum atomic E-state index is 5.26. The average Bonchev–Trinajstić information content (AvgIpc) is 3.57. The highest BCUT2D eigenvalue weighted by Gasteiger charge is 2.20. The van der Waals surface area contributed by atoms with Gasteiger partial charge in [0.15, 0.2) is 11.7 Å². The van der Waals surface area contributed by atoms with E-state index in [9.17, 15) is 0 Å². The molecule has 1 aliphatic rings. The molecule has 0 amide bonds. The van der Waals surface area contributed by atoms with Crippen molar-refractivity contribution in [1.29, 1.82) is 0 Å². The molecule has 6 heteroatoms. The van der Waals surface area contributed by atoms with E-state index in [2.05, 4.69) is 144 Å². The lowest BCUT2D eigenvalue weighted by Gasteiger charge is -2.16. The van der Waals surface area contributed by atoms with Crippen LogP contribution in [0, 0.1) is 0 Å². The van der Waals surface area contributed by atoms with Gasteiger partial charge < -0.3 is 0 Å². The molecule has 1 aliphatic heterocycles. The molecule has 6 aromatic carbocycles. The first-order chi connectivity index (χ1) is 24.7. The third-order valence-electron chi connectivity index (χ3n) is 8.73. The van der Waals surface area contributed by atoms with E-state index in [4.69, 9.17) is 20.0 Å². The number of rotatable bonds is 6. The van der Waals surface area contributed by atoms with Crippen molar-refractivity contribution in [1.82, 2.24) is 9.97 Å². The summed E-state index contributed by atoms with van der Waals surface area (Å²) in [5, 5.41) is 1.07. The zero-order valence-electron chi connectivity index (χ0n) is 26.9. The van der Waals surface area contributed by atoms with Gasteiger partial charge in [-0.25, -0.2) is 20.0 Å². The van der Waals surface area contributed by atoms with E-state index in [-0.39, 0.29) is 0 Å². The number of aromatic nitrogens is 2. The zero-order chi connectivity index (χ0) is 33.4. The van der Waals surface area contributed by atoms with Crippen molar-refractivity contribution >= 4 is 68.2 Å². The van der Waals surface area contributed by atoms with Gasteiger partial charge in [0.25, 0.3) is 0 Å². The molecule has 8 aromatic rings. The Morgan fingerprint density at radius 2 is 1.02 bits per heavy atom. The van der Waals surface area contributed by atoms with Crippen molar-refractivity contribution in [2.24, 2.45) is 9.98 Å². The molecule has 238 valence electrons. The molecule has 0 spiro atoms. The molecule has 9 rings (SSSR count). The van der Waals surface area contributed by atoms with Gasteiger partial charge in [-0.3, -0.25) is 0 Å². The Labute approximate surface area is 300 Å². The predicted octanol–water partition coefficient (Wildman–Crippen LogP) is 11.2. The topological polar surface area (TPSA) is 50.5 Å². The van der Waals surface area contributed by atoms with Gasteiger partial charge in [0.2, 0.25) is 0 Å². The Balaban J connectivity index is 1.22. The number of aliphatic imine (C=N–C) groups is 2. The molecule has 0 radical (unpaired) electrons. The van der Waals surface area contributed by atoms with Crippen molar-refractivity contribution < 1.29 is 0 Å². The number of amidine groups is 1. The highest BCUT2D eigenvalue weighted by Crippen LogP contribution is 2.40. The van der Waals surface area contributed by atoms with E-state index in [0.717, 1.165) is 66.7 Å². The molecule has 0 unspecified atom stereocenters. The first kappa shape index (κ1) is 30.5. The fraction of sp³-hybridized carbons (Fsp3) is 0. The summed E-state index contributed by atoms with van der Waals surface area (Å²) in [4.78, 5) is 20.9. The third-order valence-corrected chi connectivity index (χ3v) is 14.1. The minimum absolute atomic E-state index is 0.701. The Kier molecular flexibility index (Phi) is 7.95. The first-order valence-corrected chi connectivity index (χ1v) is 20.8. The maximum Gasteiger partial charge on any atom is 0.161 e. The molecular formula is C44H29IN4S. The molecule has 0 saturated carbocycles. The van der Waals surface area contributed by atoms with Crippen LogP contribution in [-0.2, 0) is 0 Å². The van der Waals surface area contributed by atoms with Gasteiger partial charge in [-0.15, -0.1) is 11.3 Å². The van der Waals surface area contributed by atoms with Crippen molar-refractivity contribution in [3.63, 3.8) is 0 Å². The summed E-state index contributed by atoms with van der Waals surface area (Å²) >= 11 is -0.402. The SMILES string of the molecule is C=I1=C(c2ccccc2)N=C(c2ccc3sc4c(-c5ccccc5)nc(-c5ccc(-c6ccccc6)cc5)nc4c3c2)N=C1c1ccccc1. The van der Waals surface area contributed by atoms with Crippen molar-refractivity contribution in [2.45, 2.75) is 0 Å². The van der Waals surface area contributed by atoms with Crippen LogP contribution in [-0.4, -0.2) is 27.7 Å². The summed E-state index contributed by atoms with van der Waals surface area (Å²) in [5.74, 6) is 1.40. The van der Waals surface area contributed by atoms with Gasteiger partial charge in [-0.05, 0) is 29.3 Å². The Morgan fingerprint density at radius 1 is 0.480 bits per heavy atom. The van der Waals surface area contributed by atoms with E-state index in [1.54, 1.807) is 11.3 Å². The Bertz CT molecular complexity index is 2680. The van der Waals surface area contributed by atoms with Crippen LogP contribution in [0.25, 0.3) is 54.1 Å². The van der Waals surface area contributed by atoms with Crippen LogP contribution in [0.1, 0.15) is 16.7 Å². The molecule has 0 aliphatic carbocycles. The second-order valence-corrected chi connectivity index (χ2v) is 17.1. The molecule has 4 nitrogen and oxygen atoms in total. The van der Waals surface area contributed by atoms with E-state index in [1.165, 1.54) is 5.56 Å².